The van der Waals surface area contributed by atoms with Crippen LogP contribution in [0, 0.1) is 13.8 Å². The standard InChI is InChI=1S/C18H20N2O5/c1-11-7-9-20(17(22)15(11)18(23)24)14-6-4-5-13(12(14)2)16(21)19-8-10-25-3/h4-7,9H,8,10H2,1-3H3,(H,19,21)(H,23,24). The van der Waals surface area contributed by atoms with Crippen molar-refractivity contribution in [2.75, 3.05) is 20.3 Å². The zero-order valence-corrected chi connectivity index (χ0v) is 14.3. The van der Waals surface area contributed by atoms with Gasteiger partial charge in [0.05, 0.1) is 12.3 Å². The summed E-state index contributed by atoms with van der Waals surface area (Å²) in [7, 11) is 1.54. The lowest BCUT2D eigenvalue weighted by Gasteiger charge is -2.14. The molecule has 25 heavy (non-hydrogen) atoms. The number of methoxy groups -OCH3 is 1. The van der Waals surface area contributed by atoms with E-state index in [0.717, 1.165) is 0 Å². The number of carboxylic acid groups (broad SMARTS) is 1. The maximum atomic E-state index is 12.5. The van der Waals surface area contributed by atoms with Gasteiger partial charge in [0.25, 0.3) is 11.5 Å². The van der Waals surface area contributed by atoms with Crippen molar-refractivity contribution in [3.8, 4) is 5.69 Å². The molecule has 0 bridgehead atoms. The first-order chi connectivity index (χ1) is 11.9. The number of carbonyl (C=O) groups excluding carboxylic acids is 1. The average Bonchev–Trinajstić information content (AvgIpc) is 2.55. The van der Waals surface area contributed by atoms with Crippen LogP contribution in [0.3, 0.4) is 0 Å². The number of aryl methyl sites for hydroxylation is 1. The molecule has 2 aromatic rings. The van der Waals surface area contributed by atoms with Crippen LogP contribution in [-0.2, 0) is 4.74 Å². The van der Waals surface area contributed by atoms with Crippen molar-refractivity contribution >= 4 is 11.9 Å². The number of benzene rings is 1. The van der Waals surface area contributed by atoms with Gasteiger partial charge in [-0.25, -0.2) is 4.79 Å². The van der Waals surface area contributed by atoms with Gasteiger partial charge in [-0.15, -0.1) is 0 Å². The van der Waals surface area contributed by atoms with Crippen molar-refractivity contribution in [2.45, 2.75) is 13.8 Å². The second kappa shape index (κ2) is 7.76. The van der Waals surface area contributed by atoms with Crippen LogP contribution < -0.4 is 10.9 Å². The Morgan fingerprint density at radius 2 is 1.96 bits per heavy atom. The number of aromatic nitrogens is 1. The second-order valence-corrected chi connectivity index (χ2v) is 5.55. The molecule has 1 aromatic carbocycles. The Labute approximate surface area is 144 Å². The molecule has 132 valence electrons. The molecular formula is C18H20N2O5. The molecule has 0 unspecified atom stereocenters. The van der Waals surface area contributed by atoms with Gasteiger partial charge in [0.2, 0.25) is 0 Å². The van der Waals surface area contributed by atoms with Gasteiger partial charge < -0.3 is 15.2 Å². The number of hydrogen-bond acceptors (Lipinski definition) is 4. The minimum absolute atomic E-state index is 0.281. The Kier molecular flexibility index (Phi) is 5.71. The molecule has 1 heterocycles. The SMILES string of the molecule is COCCNC(=O)c1cccc(-n2ccc(C)c(C(=O)O)c2=O)c1C. The lowest BCUT2D eigenvalue weighted by molar-refractivity contribution is 0.0693. The number of carboxylic acids is 1. The van der Waals surface area contributed by atoms with Crippen molar-refractivity contribution in [3.05, 3.63) is 63.1 Å². The highest BCUT2D eigenvalue weighted by Crippen LogP contribution is 2.18. The van der Waals surface area contributed by atoms with Gasteiger partial charge in [-0.3, -0.25) is 14.2 Å². The van der Waals surface area contributed by atoms with E-state index in [0.29, 0.717) is 35.5 Å². The molecule has 2 N–H and O–H groups in total. The number of amides is 1. The monoisotopic (exact) mass is 344 g/mol. The number of aromatic carboxylic acids is 1. The second-order valence-electron chi connectivity index (χ2n) is 5.55. The molecule has 7 heteroatoms. The first-order valence-corrected chi connectivity index (χ1v) is 7.71. The molecule has 0 atom stereocenters. The molecule has 2 rings (SSSR count). The predicted molar refractivity (Wildman–Crippen MR) is 92.7 cm³/mol. The summed E-state index contributed by atoms with van der Waals surface area (Å²) in [5.41, 5.74) is 0.939. The zero-order valence-electron chi connectivity index (χ0n) is 14.3. The summed E-state index contributed by atoms with van der Waals surface area (Å²) < 4.78 is 6.15. The number of nitrogens with zero attached hydrogens (tertiary/aromatic N) is 1. The Morgan fingerprint density at radius 3 is 2.60 bits per heavy atom. The van der Waals surface area contributed by atoms with Crippen LogP contribution in [0.15, 0.2) is 35.3 Å². The van der Waals surface area contributed by atoms with E-state index < -0.39 is 11.5 Å². The van der Waals surface area contributed by atoms with Crippen LogP contribution in [0.25, 0.3) is 5.69 Å². The van der Waals surface area contributed by atoms with Crippen LogP contribution in [-0.4, -0.2) is 41.8 Å². The molecule has 0 spiro atoms. The summed E-state index contributed by atoms with van der Waals surface area (Å²) in [6, 6.07) is 6.54. The van der Waals surface area contributed by atoms with E-state index in [4.69, 9.17) is 4.74 Å². The van der Waals surface area contributed by atoms with Gasteiger partial charge in [0.1, 0.15) is 5.56 Å². The quantitative estimate of drug-likeness (QED) is 0.775. The largest absolute Gasteiger partial charge is 0.477 e. The molecule has 0 aliphatic carbocycles. The fourth-order valence-electron chi connectivity index (χ4n) is 2.57. The molecule has 0 fully saturated rings. The summed E-state index contributed by atoms with van der Waals surface area (Å²) >= 11 is 0. The number of carbonyl (C=O) groups is 2. The molecular weight excluding hydrogens is 324 g/mol. The summed E-state index contributed by atoms with van der Waals surface area (Å²) in [5.74, 6) is -1.56. The summed E-state index contributed by atoms with van der Waals surface area (Å²) in [6.45, 7) is 4.05. The van der Waals surface area contributed by atoms with E-state index in [2.05, 4.69) is 5.32 Å². The van der Waals surface area contributed by atoms with E-state index >= 15 is 0 Å². The third-order valence-corrected chi connectivity index (χ3v) is 3.92. The fourth-order valence-corrected chi connectivity index (χ4v) is 2.57. The minimum atomic E-state index is -1.28. The van der Waals surface area contributed by atoms with Crippen molar-refractivity contribution in [2.24, 2.45) is 0 Å². The van der Waals surface area contributed by atoms with Gasteiger partial charge in [-0.2, -0.15) is 0 Å². The molecule has 1 amide bonds. The molecule has 0 radical (unpaired) electrons. The summed E-state index contributed by atoms with van der Waals surface area (Å²) in [6.07, 6.45) is 1.51. The Bertz CT molecular complexity index is 870. The molecule has 1 aromatic heterocycles. The van der Waals surface area contributed by atoms with Gasteiger partial charge in [-0.1, -0.05) is 6.07 Å². The van der Waals surface area contributed by atoms with Crippen LogP contribution in [0.4, 0.5) is 0 Å². The molecule has 0 saturated carbocycles. The summed E-state index contributed by atoms with van der Waals surface area (Å²) in [5, 5.41) is 12.0. The topological polar surface area (TPSA) is 97.6 Å². The minimum Gasteiger partial charge on any atom is -0.477 e. The van der Waals surface area contributed by atoms with E-state index in [1.807, 2.05) is 0 Å². The van der Waals surface area contributed by atoms with E-state index in [1.54, 1.807) is 45.2 Å². The molecule has 0 aliphatic heterocycles. The fraction of sp³-hybridized carbons (Fsp3) is 0.278. The first kappa shape index (κ1) is 18.4. The third kappa shape index (κ3) is 3.77. The highest BCUT2D eigenvalue weighted by Gasteiger charge is 2.18. The number of rotatable bonds is 6. The van der Waals surface area contributed by atoms with E-state index in [1.165, 1.54) is 10.8 Å². The van der Waals surface area contributed by atoms with Crippen molar-refractivity contribution in [1.29, 1.82) is 0 Å². The van der Waals surface area contributed by atoms with E-state index in [9.17, 15) is 19.5 Å². The third-order valence-electron chi connectivity index (χ3n) is 3.92. The van der Waals surface area contributed by atoms with Gasteiger partial charge in [0, 0.05) is 25.4 Å². The van der Waals surface area contributed by atoms with Crippen molar-refractivity contribution < 1.29 is 19.4 Å². The maximum Gasteiger partial charge on any atom is 0.341 e. The lowest BCUT2D eigenvalue weighted by atomic mass is 10.0. The number of ether oxygens (including phenoxy) is 1. The number of pyridine rings is 1. The number of hydrogen-bond donors (Lipinski definition) is 2. The smallest absolute Gasteiger partial charge is 0.341 e. The lowest BCUT2D eigenvalue weighted by Crippen LogP contribution is -2.29. The van der Waals surface area contributed by atoms with Gasteiger partial charge >= 0.3 is 5.97 Å². The first-order valence-electron chi connectivity index (χ1n) is 7.71. The van der Waals surface area contributed by atoms with Gasteiger partial charge in [0.15, 0.2) is 0 Å². The average molecular weight is 344 g/mol. The van der Waals surface area contributed by atoms with Crippen LogP contribution in [0.2, 0.25) is 0 Å². The Hall–Kier alpha value is -2.93. The summed E-state index contributed by atoms with van der Waals surface area (Å²) in [4.78, 5) is 36.2. The molecule has 7 nitrogen and oxygen atoms in total. The molecule has 0 saturated heterocycles. The number of nitrogens with one attached hydrogen (secondary N) is 1. The highest BCUT2D eigenvalue weighted by atomic mass is 16.5. The van der Waals surface area contributed by atoms with Gasteiger partial charge in [-0.05, 0) is 43.2 Å². The Morgan fingerprint density at radius 1 is 1.24 bits per heavy atom. The van der Waals surface area contributed by atoms with Crippen molar-refractivity contribution in [3.63, 3.8) is 0 Å². The van der Waals surface area contributed by atoms with Crippen LogP contribution in [0.1, 0.15) is 31.8 Å². The maximum absolute atomic E-state index is 12.5. The normalized spacial score (nSPS) is 10.5. The predicted octanol–water partition coefficient (Wildman–Crippen LogP) is 1.53. The molecule has 0 aliphatic rings. The highest BCUT2D eigenvalue weighted by molar-refractivity contribution is 5.96. The van der Waals surface area contributed by atoms with Crippen LogP contribution >= 0.6 is 0 Å². The van der Waals surface area contributed by atoms with Crippen LogP contribution in [0.5, 0.6) is 0 Å². The van der Waals surface area contributed by atoms with E-state index in [-0.39, 0.29) is 11.5 Å². The zero-order chi connectivity index (χ0) is 18.6. The Balaban J connectivity index is 2.50. The van der Waals surface area contributed by atoms with Crippen molar-refractivity contribution in [1.82, 2.24) is 9.88 Å².